The van der Waals surface area contributed by atoms with E-state index in [1.54, 1.807) is 72.9 Å². The van der Waals surface area contributed by atoms with Gasteiger partial charge in [-0.2, -0.15) is 0 Å². The molecular weight excluding hydrogens is 691 g/mol. The highest BCUT2D eigenvalue weighted by molar-refractivity contribution is 5.65. The zero-order valence-electron chi connectivity index (χ0n) is 56.5. The van der Waals surface area contributed by atoms with Crippen LogP contribution in [0.2, 0.25) is 0 Å². The summed E-state index contributed by atoms with van der Waals surface area (Å²) in [6.45, 7) is 1.39. The molecule has 0 spiro atoms. The van der Waals surface area contributed by atoms with Gasteiger partial charge in [-0.3, -0.25) is 0 Å². The number of hydrogen-bond acceptors (Lipinski definition) is 0. The topological polar surface area (TPSA) is 11.6 Å². The van der Waals surface area contributed by atoms with Crippen LogP contribution in [0.4, 0.5) is 0 Å². The molecule has 2 atom stereocenters. The Bertz CT molecular complexity index is 3140. The predicted molar refractivity (Wildman–Crippen MR) is 244 cm³/mol. The summed E-state index contributed by atoms with van der Waals surface area (Å²) in [5, 5.41) is 0. The Hall–Kier alpha value is -4.89. The summed E-state index contributed by atoms with van der Waals surface area (Å²) in [5.41, 5.74) is 11.0. The van der Waals surface area contributed by atoms with Crippen molar-refractivity contribution in [1.82, 2.24) is 0 Å². The van der Waals surface area contributed by atoms with E-state index in [1.807, 2.05) is 77.4 Å². The minimum absolute atomic E-state index is 0.107. The van der Waals surface area contributed by atoms with Gasteiger partial charge in [-0.05, 0) is 137 Å². The first kappa shape index (κ1) is 23.5. The Labute approximate surface area is 376 Å². The molecule has 3 nitrogen and oxygen atoms in total. The molecule has 0 aliphatic carbocycles. The fourth-order valence-corrected chi connectivity index (χ4v) is 7.07. The Morgan fingerprint density at radius 3 is 1.49 bits per heavy atom. The zero-order valence-corrected chi connectivity index (χ0v) is 35.5. The van der Waals surface area contributed by atoms with Crippen molar-refractivity contribution in [2.75, 3.05) is 0 Å². The van der Waals surface area contributed by atoms with Gasteiger partial charge in [-0.15, -0.1) is 0 Å². The van der Waals surface area contributed by atoms with Crippen molar-refractivity contribution in [2.45, 2.75) is 121 Å². The van der Waals surface area contributed by atoms with Crippen molar-refractivity contribution in [3.05, 3.63) is 158 Å². The second-order valence-electron chi connectivity index (χ2n) is 15.2. The highest BCUT2D eigenvalue weighted by Crippen LogP contribution is 2.29. The SMILES string of the molecule is [2H]C(C)(C)c1ccc(-c2cc(C)c(C([2H])(C)C([2H])([2H])[2H])c[n+]2C)c(C)c1.[2H]C([2H])([2H])c1ccc(-c2c(C)cc(C([2H])([2H])[2H])c[n+]2C)c(C)c1.[2H]C([2H])([2H])c1ccc(-c2cc(C([2H])(C)C([2H])([2H])[2H])c(C([2H])([2H])[2H])c[n+]2C)c(C)c1. The van der Waals surface area contributed by atoms with Gasteiger partial charge in [0.25, 0.3) is 0 Å². The van der Waals surface area contributed by atoms with E-state index < -0.39 is 58.8 Å². The van der Waals surface area contributed by atoms with E-state index in [9.17, 15) is 0 Å². The van der Waals surface area contributed by atoms with Crippen molar-refractivity contribution >= 4 is 0 Å². The molecule has 6 aromatic rings. The summed E-state index contributed by atoms with van der Waals surface area (Å²) in [6, 6.07) is 20.7. The molecule has 300 valence electrons. The van der Waals surface area contributed by atoms with Crippen molar-refractivity contribution in [3.63, 3.8) is 0 Å². The molecule has 3 heteroatoms. The fourth-order valence-electron chi connectivity index (χ4n) is 7.07. The minimum atomic E-state index is -2.75. The van der Waals surface area contributed by atoms with Crippen LogP contribution in [-0.4, -0.2) is 0 Å². The molecule has 6 rings (SSSR count). The first-order chi connectivity index (χ1) is 34.9. The normalized spacial score (nSPS) is 20.1. The highest BCUT2D eigenvalue weighted by Gasteiger charge is 2.19. The van der Waals surface area contributed by atoms with Crippen molar-refractivity contribution in [2.24, 2.45) is 21.1 Å². The molecule has 0 radical (unpaired) electrons. The standard InChI is InChI=1S/C20H28N.C18H24N.C16H20N/c1-13(2)17-8-9-18(15(5)10-17)20-11-16(6)19(14(3)4)12-21(20)7;1-12(2)17-10-18(19(6)11-15(17)5)16-8-7-13(3)9-14(16)4;1-11-6-7-15(13(3)8-11)16-14(4)9-12(2)10-17(16)5/h8-14H,1-7H3;7-12H,1-6H3;6-10H,1-5H3/q3*+1/i3D3,13D,14D;1D3,3D3,5D3,12D;1D3,2D3. The molecule has 3 heterocycles. The third-order valence-corrected chi connectivity index (χ3v) is 10.1. The van der Waals surface area contributed by atoms with E-state index in [0.29, 0.717) is 27.9 Å². The van der Waals surface area contributed by atoms with Gasteiger partial charge in [0.15, 0.2) is 18.6 Å². The summed E-state index contributed by atoms with van der Waals surface area (Å²) in [4.78, 5) is 0. The maximum atomic E-state index is 8.44. The molecule has 0 fully saturated rings. The average molecular weight is 784 g/mol. The lowest BCUT2D eigenvalue weighted by molar-refractivity contribution is -0.661. The van der Waals surface area contributed by atoms with Crippen molar-refractivity contribution in [3.8, 4) is 33.8 Å². The summed E-state index contributed by atoms with van der Waals surface area (Å²) < 4.78 is 168. The summed E-state index contributed by atoms with van der Waals surface area (Å²) >= 11 is 0. The van der Waals surface area contributed by atoms with Crippen LogP contribution in [0, 0.1) is 62.0 Å². The first-order valence-electron chi connectivity index (χ1n) is 29.3. The Morgan fingerprint density at radius 1 is 0.439 bits per heavy atom. The maximum absolute atomic E-state index is 8.44. The van der Waals surface area contributed by atoms with Gasteiger partial charge in [0.2, 0.25) is 17.1 Å². The Kier molecular flexibility index (Phi) is 7.85. The number of nitrogens with zero attached hydrogens (tertiary/aromatic N) is 3. The zero-order chi connectivity index (χ0) is 60.2. The molecule has 2 unspecified atom stereocenters. The van der Waals surface area contributed by atoms with Crippen LogP contribution in [0.1, 0.15) is 155 Å². The number of pyridine rings is 3. The number of benzene rings is 3. The maximum Gasteiger partial charge on any atom is 0.215 e. The van der Waals surface area contributed by atoms with Crippen LogP contribution in [0.5, 0.6) is 0 Å². The summed E-state index contributed by atoms with van der Waals surface area (Å²) in [5.74, 6) is -4.47. The van der Waals surface area contributed by atoms with Crippen LogP contribution in [0.15, 0.2) is 91.4 Å². The van der Waals surface area contributed by atoms with Crippen LogP contribution in [0.3, 0.4) is 0 Å². The molecule has 3 aromatic carbocycles. The Balaban J connectivity index is 0.000000254. The molecule has 0 saturated carbocycles. The Morgan fingerprint density at radius 2 is 0.965 bits per heavy atom. The smallest absolute Gasteiger partial charge is 0.201 e. The molecule has 0 amide bonds. The van der Waals surface area contributed by atoms with Crippen LogP contribution in [-0.2, 0) is 21.1 Å². The first-order valence-corrected chi connectivity index (χ1v) is 18.8. The van der Waals surface area contributed by atoms with E-state index in [-0.39, 0.29) is 22.3 Å². The fraction of sp³-hybridized carbons (Fsp3) is 0.389. The van der Waals surface area contributed by atoms with E-state index in [2.05, 4.69) is 0 Å². The number of aromatic nitrogens is 3. The molecule has 0 N–H and O–H groups in total. The van der Waals surface area contributed by atoms with Gasteiger partial charge in [0.1, 0.15) is 21.1 Å². The molecular formula is C54H72N3+3. The molecule has 57 heavy (non-hydrogen) atoms. The second-order valence-corrected chi connectivity index (χ2v) is 15.2. The van der Waals surface area contributed by atoms with Crippen LogP contribution in [0.25, 0.3) is 33.8 Å². The largest absolute Gasteiger partial charge is 0.215 e. The lowest BCUT2D eigenvalue weighted by Gasteiger charge is -2.13. The van der Waals surface area contributed by atoms with Crippen LogP contribution < -0.4 is 13.7 Å². The number of aryl methyl sites for hydroxylation is 12. The third-order valence-electron chi connectivity index (χ3n) is 10.1. The predicted octanol–water partition coefficient (Wildman–Crippen LogP) is 12.7. The van der Waals surface area contributed by atoms with Crippen LogP contribution >= 0.6 is 0 Å². The van der Waals surface area contributed by atoms with Gasteiger partial charge in [0.05, 0.1) is 0 Å². The van der Waals surface area contributed by atoms with Gasteiger partial charge in [-0.1, -0.05) is 88.9 Å². The van der Waals surface area contributed by atoms with Crippen molar-refractivity contribution < 1.29 is 42.5 Å². The van der Waals surface area contributed by atoms with Crippen molar-refractivity contribution in [1.29, 1.82) is 0 Å². The lowest BCUT2D eigenvalue weighted by atomic mass is 9.94. The minimum Gasteiger partial charge on any atom is -0.201 e. The molecule has 0 bridgehead atoms. The van der Waals surface area contributed by atoms with Gasteiger partial charge in [-0.25, -0.2) is 13.7 Å². The number of hydrogen-bond donors (Lipinski definition) is 0. The highest BCUT2D eigenvalue weighted by atomic mass is 14.9. The molecule has 3 aromatic heterocycles. The summed E-state index contributed by atoms with van der Waals surface area (Å²) in [6.07, 6.45) is 4.69. The van der Waals surface area contributed by atoms with E-state index in [4.69, 9.17) is 28.8 Å². The third kappa shape index (κ3) is 10.9. The lowest BCUT2D eigenvalue weighted by Crippen LogP contribution is -2.32. The molecule has 0 saturated heterocycles. The van der Waals surface area contributed by atoms with Gasteiger partial charge < -0.3 is 0 Å². The number of rotatable bonds is 6. The molecule has 0 aliphatic heterocycles. The second kappa shape index (κ2) is 19.0. The average Bonchev–Trinajstić information content (AvgIpc) is 3.25. The van der Waals surface area contributed by atoms with Gasteiger partial charge >= 0.3 is 0 Å². The quantitative estimate of drug-likeness (QED) is 0.149. The van der Waals surface area contributed by atoms with Gasteiger partial charge in [0, 0.05) is 79.9 Å². The van der Waals surface area contributed by atoms with E-state index in [1.165, 1.54) is 38.2 Å². The molecule has 0 aliphatic rings. The summed E-state index contributed by atoms with van der Waals surface area (Å²) in [7, 11) is 5.30. The van der Waals surface area contributed by atoms with E-state index in [0.717, 1.165) is 50.3 Å². The monoisotopic (exact) mass is 784 g/mol. The van der Waals surface area contributed by atoms with E-state index >= 15 is 0 Å².